The molecule has 2 rings (SSSR count). The maximum Gasteiger partial charge on any atom is 0.417 e. The Balaban J connectivity index is 2.86. The molecule has 0 bridgehead atoms. The molecule has 1 aromatic heterocycles. The molecule has 0 aliphatic rings. The van der Waals surface area contributed by atoms with Gasteiger partial charge in [0, 0.05) is 5.56 Å². The van der Waals surface area contributed by atoms with E-state index in [1.165, 1.54) is 0 Å². The van der Waals surface area contributed by atoms with E-state index in [1.807, 2.05) is 0 Å². The molecule has 2 aromatic rings. The summed E-state index contributed by atoms with van der Waals surface area (Å²) >= 11 is 0.655. The SMILES string of the molecule is NS(=O)(=O)c1cccc(C(F)(F)F)c1-c1cnns1. The second-order valence-corrected chi connectivity index (χ2v) is 5.82. The fraction of sp³-hybridized carbons (Fsp3) is 0.111. The molecular weight excluding hydrogens is 303 g/mol. The van der Waals surface area contributed by atoms with Gasteiger partial charge in [-0.2, -0.15) is 13.2 Å². The van der Waals surface area contributed by atoms with Crippen molar-refractivity contribution >= 4 is 21.6 Å². The van der Waals surface area contributed by atoms with Crippen LogP contribution in [0, 0.1) is 0 Å². The summed E-state index contributed by atoms with van der Waals surface area (Å²) < 4.78 is 65.0. The van der Waals surface area contributed by atoms with Crippen molar-refractivity contribution in [1.29, 1.82) is 0 Å². The smallest absolute Gasteiger partial charge is 0.225 e. The van der Waals surface area contributed by atoms with Gasteiger partial charge in [0.25, 0.3) is 0 Å². The van der Waals surface area contributed by atoms with Crippen LogP contribution in [0.15, 0.2) is 29.3 Å². The van der Waals surface area contributed by atoms with E-state index < -0.39 is 32.2 Å². The molecular formula is C9H6F3N3O2S2. The minimum atomic E-state index is -4.71. The lowest BCUT2D eigenvalue weighted by molar-refractivity contribution is -0.137. The molecule has 19 heavy (non-hydrogen) atoms. The van der Waals surface area contributed by atoms with Gasteiger partial charge in [-0.3, -0.25) is 0 Å². The number of primary sulfonamides is 1. The predicted octanol–water partition coefficient (Wildman–Crippen LogP) is 1.87. The fourth-order valence-corrected chi connectivity index (χ4v) is 2.96. The summed E-state index contributed by atoms with van der Waals surface area (Å²) in [5, 5.41) is 8.35. The number of rotatable bonds is 2. The standard InChI is InChI=1S/C9H6F3N3O2S2/c10-9(11,12)5-2-1-3-7(19(13,16)17)8(5)6-4-14-15-18-6/h1-4H,(H2,13,16,17). The zero-order chi connectivity index (χ0) is 14.3. The van der Waals surface area contributed by atoms with E-state index in [9.17, 15) is 21.6 Å². The zero-order valence-electron chi connectivity index (χ0n) is 9.05. The molecule has 5 nitrogen and oxygen atoms in total. The highest BCUT2D eigenvalue weighted by Crippen LogP contribution is 2.40. The molecule has 0 unspecified atom stereocenters. The number of hydrogen-bond acceptors (Lipinski definition) is 5. The lowest BCUT2D eigenvalue weighted by Crippen LogP contribution is -2.16. The molecule has 0 amide bonds. The maximum atomic E-state index is 12.9. The summed E-state index contributed by atoms with van der Waals surface area (Å²) in [6.45, 7) is 0. The molecule has 0 aliphatic heterocycles. The van der Waals surface area contributed by atoms with Crippen molar-refractivity contribution in [3.63, 3.8) is 0 Å². The zero-order valence-corrected chi connectivity index (χ0v) is 10.7. The number of alkyl halides is 3. The third-order valence-electron chi connectivity index (χ3n) is 2.25. The third-order valence-corrected chi connectivity index (χ3v) is 3.88. The number of halogens is 3. The fourth-order valence-electron chi connectivity index (χ4n) is 1.54. The van der Waals surface area contributed by atoms with E-state index in [-0.39, 0.29) is 4.88 Å². The highest BCUT2D eigenvalue weighted by Gasteiger charge is 2.36. The molecule has 0 aliphatic carbocycles. The van der Waals surface area contributed by atoms with Gasteiger partial charge in [0.15, 0.2) is 0 Å². The van der Waals surface area contributed by atoms with Gasteiger partial charge in [-0.25, -0.2) is 13.6 Å². The first-order chi connectivity index (χ1) is 8.71. The first-order valence-corrected chi connectivity index (χ1v) is 7.04. The van der Waals surface area contributed by atoms with E-state index in [1.54, 1.807) is 0 Å². The van der Waals surface area contributed by atoms with Crippen molar-refractivity contribution < 1.29 is 21.6 Å². The van der Waals surface area contributed by atoms with Gasteiger partial charge in [-0.15, -0.1) is 5.10 Å². The minimum absolute atomic E-state index is 0.0167. The van der Waals surface area contributed by atoms with Crippen molar-refractivity contribution in [1.82, 2.24) is 9.59 Å². The molecule has 0 saturated carbocycles. The van der Waals surface area contributed by atoms with E-state index in [2.05, 4.69) is 9.59 Å². The Kier molecular flexibility index (Phi) is 3.32. The molecule has 0 radical (unpaired) electrons. The van der Waals surface area contributed by atoms with Crippen LogP contribution < -0.4 is 5.14 Å². The summed E-state index contributed by atoms with van der Waals surface area (Å²) in [6.07, 6.45) is -3.65. The topological polar surface area (TPSA) is 85.9 Å². The van der Waals surface area contributed by atoms with Crippen molar-refractivity contribution in [3.8, 4) is 10.4 Å². The number of aromatic nitrogens is 2. The molecule has 0 fully saturated rings. The number of nitrogens with zero attached hydrogens (tertiary/aromatic N) is 2. The van der Waals surface area contributed by atoms with Gasteiger partial charge in [0.1, 0.15) is 0 Å². The second-order valence-electron chi connectivity index (χ2n) is 3.50. The Morgan fingerprint density at radius 2 is 1.95 bits per heavy atom. The maximum absolute atomic E-state index is 12.9. The van der Waals surface area contributed by atoms with Gasteiger partial charge in [0.05, 0.1) is 21.5 Å². The molecule has 102 valence electrons. The van der Waals surface area contributed by atoms with Crippen LogP contribution in [0.1, 0.15) is 5.56 Å². The summed E-state index contributed by atoms with van der Waals surface area (Å²) in [4.78, 5) is -0.620. The molecule has 10 heteroatoms. The highest BCUT2D eigenvalue weighted by molar-refractivity contribution is 7.89. The quantitative estimate of drug-likeness (QED) is 0.917. The van der Waals surface area contributed by atoms with Crippen molar-refractivity contribution in [3.05, 3.63) is 30.0 Å². The van der Waals surface area contributed by atoms with Crippen molar-refractivity contribution in [2.24, 2.45) is 5.14 Å². The Morgan fingerprint density at radius 3 is 2.42 bits per heavy atom. The molecule has 0 saturated heterocycles. The van der Waals surface area contributed by atoms with Crippen LogP contribution >= 0.6 is 11.5 Å². The van der Waals surface area contributed by atoms with Crippen molar-refractivity contribution in [2.75, 3.05) is 0 Å². The van der Waals surface area contributed by atoms with Gasteiger partial charge in [0.2, 0.25) is 10.0 Å². The van der Waals surface area contributed by atoms with Crippen LogP contribution in [-0.2, 0) is 16.2 Å². The molecule has 1 aromatic carbocycles. The largest absolute Gasteiger partial charge is 0.417 e. The Hall–Kier alpha value is -1.52. The average molecular weight is 309 g/mol. The Morgan fingerprint density at radius 1 is 1.26 bits per heavy atom. The molecule has 1 heterocycles. The second kappa shape index (κ2) is 4.54. The monoisotopic (exact) mass is 309 g/mol. The van der Waals surface area contributed by atoms with E-state index in [0.717, 1.165) is 24.4 Å². The van der Waals surface area contributed by atoms with Crippen molar-refractivity contribution in [2.45, 2.75) is 11.1 Å². The van der Waals surface area contributed by atoms with Crippen LogP contribution in [0.4, 0.5) is 13.2 Å². The van der Waals surface area contributed by atoms with Gasteiger partial charge < -0.3 is 0 Å². The summed E-state index contributed by atoms with van der Waals surface area (Å²) in [7, 11) is -4.29. The summed E-state index contributed by atoms with van der Waals surface area (Å²) in [5.41, 5.74) is -1.61. The van der Waals surface area contributed by atoms with E-state index in [4.69, 9.17) is 5.14 Å². The average Bonchev–Trinajstić information content (AvgIpc) is 2.78. The van der Waals surface area contributed by atoms with Crippen LogP contribution in [0.5, 0.6) is 0 Å². The van der Waals surface area contributed by atoms with E-state index >= 15 is 0 Å². The summed E-state index contributed by atoms with van der Waals surface area (Å²) in [5.74, 6) is 0. The Labute approximate surface area is 110 Å². The van der Waals surface area contributed by atoms with Gasteiger partial charge in [-0.05, 0) is 23.7 Å². The van der Waals surface area contributed by atoms with Crippen LogP contribution in [-0.4, -0.2) is 18.0 Å². The minimum Gasteiger partial charge on any atom is -0.225 e. The number of nitrogens with two attached hydrogens (primary N) is 1. The molecule has 0 atom stereocenters. The van der Waals surface area contributed by atoms with E-state index in [0.29, 0.717) is 11.5 Å². The van der Waals surface area contributed by atoms with Gasteiger partial charge in [-0.1, -0.05) is 10.6 Å². The number of sulfonamides is 1. The predicted molar refractivity (Wildman–Crippen MR) is 61.7 cm³/mol. The molecule has 2 N–H and O–H groups in total. The summed E-state index contributed by atoms with van der Waals surface area (Å²) in [6, 6.07) is 2.78. The van der Waals surface area contributed by atoms with Gasteiger partial charge >= 0.3 is 6.18 Å². The highest BCUT2D eigenvalue weighted by atomic mass is 32.2. The first kappa shape index (κ1) is 13.9. The normalized spacial score (nSPS) is 12.6. The molecule has 0 spiro atoms. The lowest BCUT2D eigenvalue weighted by atomic mass is 10.1. The van der Waals surface area contributed by atoms with Crippen LogP contribution in [0.25, 0.3) is 10.4 Å². The lowest BCUT2D eigenvalue weighted by Gasteiger charge is -2.14. The third kappa shape index (κ3) is 2.74. The Bertz CT molecular complexity index is 696. The number of benzene rings is 1. The number of hydrogen-bond donors (Lipinski definition) is 1. The van der Waals surface area contributed by atoms with Crippen LogP contribution in [0.3, 0.4) is 0 Å². The first-order valence-electron chi connectivity index (χ1n) is 4.72. The van der Waals surface area contributed by atoms with Crippen LogP contribution in [0.2, 0.25) is 0 Å².